The molecule has 0 aliphatic rings. The molecule has 0 saturated carbocycles. The van der Waals surface area contributed by atoms with Gasteiger partial charge >= 0.3 is 0 Å². The zero-order valence-electron chi connectivity index (χ0n) is 7.90. The van der Waals surface area contributed by atoms with Crippen LogP contribution >= 0.6 is 43.5 Å². The summed E-state index contributed by atoms with van der Waals surface area (Å²) in [6.07, 6.45) is 0.780. The Hall–Kier alpha value is -0.0600. The fourth-order valence-corrected chi connectivity index (χ4v) is 2.48. The molecule has 0 radical (unpaired) electrons. The average molecular weight is 355 g/mol. The fourth-order valence-electron chi connectivity index (χ4n) is 1.06. The Bertz CT molecular complexity index is 337. The van der Waals surface area contributed by atoms with Crippen LogP contribution in [0.15, 0.2) is 27.1 Å². The third kappa shape index (κ3) is 4.53. The van der Waals surface area contributed by atoms with Gasteiger partial charge in [0.25, 0.3) is 5.91 Å². The summed E-state index contributed by atoms with van der Waals surface area (Å²) in [5, 5.41) is 2.79. The molecular weight excluding hydrogens is 345 g/mol. The van der Waals surface area contributed by atoms with Gasteiger partial charge in [-0.2, -0.15) is 0 Å². The molecule has 15 heavy (non-hydrogen) atoms. The summed E-state index contributed by atoms with van der Waals surface area (Å²) in [6, 6.07) is 5.44. The molecule has 0 atom stereocenters. The highest BCUT2D eigenvalue weighted by Crippen LogP contribution is 2.19. The van der Waals surface area contributed by atoms with E-state index >= 15 is 0 Å². The predicted octanol–water partition coefficient (Wildman–Crippen LogP) is 3.57. The number of benzene rings is 1. The van der Waals surface area contributed by atoms with Crippen molar-refractivity contribution < 1.29 is 4.79 Å². The first-order chi connectivity index (χ1) is 7.13. The summed E-state index contributed by atoms with van der Waals surface area (Å²) >= 11 is 12.2. The number of hydrogen-bond acceptors (Lipinski definition) is 1. The molecule has 1 rings (SSSR count). The van der Waals surface area contributed by atoms with Crippen LogP contribution in [0.5, 0.6) is 0 Å². The van der Waals surface area contributed by atoms with E-state index in [0.717, 1.165) is 15.4 Å². The van der Waals surface area contributed by atoms with Crippen LogP contribution in [0.1, 0.15) is 16.8 Å². The number of nitrogens with one attached hydrogen (secondary N) is 1. The van der Waals surface area contributed by atoms with Crippen LogP contribution in [0.2, 0.25) is 0 Å². The first-order valence-electron chi connectivity index (χ1n) is 4.43. The Morgan fingerprint density at radius 2 is 1.87 bits per heavy atom. The lowest BCUT2D eigenvalue weighted by molar-refractivity contribution is 0.0953. The zero-order chi connectivity index (χ0) is 11.3. The highest BCUT2D eigenvalue weighted by Gasteiger charge is 2.06. The quantitative estimate of drug-likeness (QED) is 0.649. The number of hydrogen-bond donors (Lipinski definition) is 1. The molecule has 5 heteroatoms. The van der Waals surface area contributed by atoms with Crippen LogP contribution in [0, 0.1) is 0 Å². The van der Waals surface area contributed by atoms with Gasteiger partial charge in [0, 0.05) is 26.9 Å². The molecule has 0 unspecified atom stereocenters. The average Bonchev–Trinajstić information content (AvgIpc) is 2.16. The van der Waals surface area contributed by atoms with Crippen LogP contribution in [0.3, 0.4) is 0 Å². The van der Waals surface area contributed by atoms with Crippen molar-refractivity contribution >= 4 is 49.4 Å². The van der Waals surface area contributed by atoms with Gasteiger partial charge < -0.3 is 5.32 Å². The van der Waals surface area contributed by atoms with Gasteiger partial charge in [-0.25, -0.2) is 0 Å². The minimum atomic E-state index is -0.0814. The van der Waals surface area contributed by atoms with Crippen molar-refractivity contribution in [1.82, 2.24) is 5.32 Å². The Morgan fingerprint density at radius 1 is 1.27 bits per heavy atom. The molecule has 1 N–H and O–H groups in total. The van der Waals surface area contributed by atoms with Crippen LogP contribution in [-0.4, -0.2) is 18.3 Å². The number of amides is 1. The molecule has 2 nitrogen and oxygen atoms in total. The minimum Gasteiger partial charge on any atom is -0.352 e. The minimum absolute atomic E-state index is 0.0814. The molecule has 1 aromatic rings. The maximum atomic E-state index is 11.6. The number of halogens is 3. The van der Waals surface area contributed by atoms with Gasteiger partial charge in [-0.3, -0.25) is 4.79 Å². The summed E-state index contributed by atoms with van der Waals surface area (Å²) in [5.41, 5.74) is 0.630. The van der Waals surface area contributed by atoms with E-state index in [1.165, 1.54) is 0 Å². The summed E-state index contributed by atoms with van der Waals surface area (Å²) in [6.45, 7) is 0.604. The fraction of sp³-hybridized carbons (Fsp3) is 0.300. The van der Waals surface area contributed by atoms with E-state index in [9.17, 15) is 4.79 Å². The molecule has 0 saturated heterocycles. The van der Waals surface area contributed by atoms with E-state index in [2.05, 4.69) is 37.2 Å². The molecular formula is C10H10Br2ClNO. The van der Waals surface area contributed by atoms with Crippen LogP contribution in [-0.2, 0) is 0 Å². The van der Waals surface area contributed by atoms with Gasteiger partial charge in [-0.15, -0.1) is 11.6 Å². The van der Waals surface area contributed by atoms with Crippen LogP contribution in [0.25, 0.3) is 0 Å². The summed E-state index contributed by atoms with van der Waals surface area (Å²) in [5.74, 6) is 0.477. The van der Waals surface area contributed by atoms with Gasteiger partial charge in [-0.05, 0) is 24.6 Å². The number of carbonyl (C=O) groups excluding carboxylic acids is 1. The van der Waals surface area contributed by atoms with Gasteiger partial charge in [0.1, 0.15) is 0 Å². The number of carbonyl (C=O) groups is 1. The maximum absolute atomic E-state index is 11.6. The molecule has 82 valence electrons. The van der Waals surface area contributed by atoms with Gasteiger partial charge in [0.15, 0.2) is 0 Å². The molecule has 0 aromatic heterocycles. The van der Waals surface area contributed by atoms with E-state index in [0.29, 0.717) is 18.0 Å². The van der Waals surface area contributed by atoms with E-state index in [-0.39, 0.29) is 5.91 Å². The predicted molar refractivity (Wildman–Crippen MR) is 69.5 cm³/mol. The van der Waals surface area contributed by atoms with Crippen molar-refractivity contribution in [2.24, 2.45) is 0 Å². The standard InChI is InChI=1S/C10H10Br2ClNO/c11-8-4-7(5-9(12)6-8)10(15)14-3-1-2-13/h4-6H,1-3H2,(H,14,15). The molecule has 0 bridgehead atoms. The van der Waals surface area contributed by atoms with E-state index < -0.39 is 0 Å². The second kappa shape index (κ2) is 6.51. The largest absolute Gasteiger partial charge is 0.352 e. The molecule has 0 fully saturated rings. The third-order valence-electron chi connectivity index (χ3n) is 1.72. The first kappa shape index (κ1) is 13.0. The molecule has 0 heterocycles. The lowest BCUT2D eigenvalue weighted by atomic mass is 10.2. The van der Waals surface area contributed by atoms with Gasteiger partial charge in [0.2, 0.25) is 0 Å². The van der Waals surface area contributed by atoms with E-state index in [1.54, 1.807) is 12.1 Å². The second-order valence-corrected chi connectivity index (χ2v) is 5.17. The molecule has 1 amide bonds. The highest BCUT2D eigenvalue weighted by molar-refractivity contribution is 9.11. The topological polar surface area (TPSA) is 29.1 Å². The SMILES string of the molecule is O=C(NCCCCl)c1cc(Br)cc(Br)c1. The van der Waals surface area contributed by atoms with Crippen molar-refractivity contribution in [2.75, 3.05) is 12.4 Å². The Balaban J connectivity index is 2.65. The van der Waals surface area contributed by atoms with Crippen molar-refractivity contribution in [3.63, 3.8) is 0 Å². The zero-order valence-corrected chi connectivity index (χ0v) is 11.8. The van der Waals surface area contributed by atoms with Crippen molar-refractivity contribution in [3.05, 3.63) is 32.7 Å². The lowest BCUT2D eigenvalue weighted by Crippen LogP contribution is -2.24. The smallest absolute Gasteiger partial charge is 0.251 e. The molecule has 0 aliphatic heterocycles. The Morgan fingerprint density at radius 3 is 2.40 bits per heavy atom. The third-order valence-corrected chi connectivity index (χ3v) is 2.90. The number of alkyl halides is 1. The maximum Gasteiger partial charge on any atom is 0.251 e. The molecule has 0 aliphatic carbocycles. The van der Waals surface area contributed by atoms with Gasteiger partial charge in [-0.1, -0.05) is 31.9 Å². The Kier molecular flexibility index (Phi) is 5.64. The second-order valence-electron chi connectivity index (χ2n) is 2.96. The van der Waals surface area contributed by atoms with E-state index in [1.807, 2.05) is 6.07 Å². The van der Waals surface area contributed by atoms with Crippen LogP contribution < -0.4 is 5.32 Å². The summed E-state index contributed by atoms with van der Waals surface area (Å²) in [7, 11) is 0. The lowest BCUT2D eigenvalue weighted by Gasteiger charge is -2.05. The van der Waals surface area contributed by atoms with Crippen LogP contribution in [0.4, 0.5) is 0 Å². The van der Waals surface area contributed by atoms with Gasteiger partial charge in [0.05, 0.1) is 0 Å². The highest BCUT2D eigenvalue weighted by atomic mass is 79.9. The van der Waals surface area contributed by atoms with Crippen molar-refractivity contribution in [2.45, 2.75) is 6.42 Å². The van der Waals surface area contributed by atoms with Crippen molar-refractivity contribution in [1.29, 1.82) is 0 Å². The normalized spacial score (nSPS) is 10.1. The summed E-state index contributed by atoms with van der Waals surface area (Å²) in [4.78, 5) is 11.6. The first-order valence-corrected chi connectivity index (χ1v) is 6.56. The molecule has 0 spiro atoms. The van der Waals surface area contributed by atoms with E-state index in [4.69, 9.17) is 11.6 Å². The number of rotatable bonds is 4. The molecule has 1 aromatic carbocycles. The van der Waals surface area contributed by atoms with Crippen molar-refractivity contribution in [3.8, 4) is 0 Å². The Labute approximate surface area is 111 Å². The monoisotopic (exact) mass is 353 g/mol. The summed E-state index contributed by atoms with van der Waals surface area (Å²) < 4.78 is 1.75.